The average Bonchev–Trinajstić information content (AvgIpc) is 3.21. The summed E-state index contributed by atoms with van der Waals surface area (Å²) in [6.45, 7) is 8.50. The number of halogens is 1. The van der Waals surface area contributed by atoms with Gasteiger partial charge in [0.05, 0.1) is 18.1 Å². The average molecular weight is 438 g/mol. The van der Waals surface area contributed by atoms with Crippen LogP contribution in [0.1, 0.15) is 31.7 Å². The molecule has 1 fully saturated rings. The molecule has 0 bridgehead atoms. The van der Waals surface area contributed by atoms with E-state index in [9.17, 15) is 4.79 Å². The molecule has 10 heteroatoms. The Morgan fingerprint density at radius 2 is 2.07 bits per heavy atom. The van der Waals surface area contributed by atoms with Crippen LogP contribution < -0.4 is 10.1 Å². The van der Waals surface area contributed by atoms with Gasteiger partial charge in [0.25, 0.3) is 0 Å². The molecule has 2 aromatic rings. The van der Waals surface area contributed by atoms with Crippen LogP contribution in [0.15, 0.2) is 28.8 Å². The van der Waals surface area contributed by atoms with Crippen LogP contribution in [0, 0.1) is 0 Å². The normalized spacial score (nSPS) is 15.8. The van der Waals surface area contributed by atoms with Gasteiger partial charge in [0.2, 0.25) is 5.89 Å². The van der Waals surface area contributed by atoms with E-state index in [1.165, 1.54) is 0 Å². The van der Waals surface area contributed by atoms with Gasteiger partial charge in [-0.15, -0.1) is 0 Å². The van der Waals surface area contributed by atoms with Crippen LogP contribution in [-0.2, 0) is 11.3 Å². The van der Waals surface area contributed by atoms with E-state index in [1.807, 2.05) is 26.0 Å². The van der Waals surface area contributed by atoms with E-state index in [-0.39, 0.29) is 12.1 Å². The zero-order chi connectivity index (χ0) is 21.3. The molecule has 0 radical (unpaired) electrons. The minimum atomic E-state index is -0.185. The first-order valence-corrected chi connectivity index (χ1v) is 10.5. The number of para-hydroxylation sites is 1. The van der Waals surface area contributed by atoms with Gasteiger partial charge in [0.1, 0.15) is 18.5 Å². The van der Waals surface area contributed by atoms with E-state index in [0.717, 1.165) is 13.1 Å². The van der Waals surface area contributed by atoms with Crippen LogP contribution in [0.4, 0.5) is 4.79 Å². The summed E-state index contributed by atoms with van der Waals surface area (Å²) in [5.74, 6) is 1.73. The molecular weight excluding hydrogens is 410 g/mol. The molecule has 2 heterocycles. The smallest absolute Gasteiger partial charge is 0.317 e. The number of aromatic nitrogens is 2. The van der Waals surface area contributed by atoms with Crippen molar-refractivity contribution >= 4 is 17.6 Å². The molecule has 30 heavy (non-hydrogen) atoms. The Morgan fingerprint density at radius 3 is 2.80 bits per heavy atom. The van der Waals surface area contributed by atoms with Crippen molar-refractivity contribution < 1.29 is 18.8 Å². The van der Waals surface area contributed by atoms with Gasteiger partial charge in [0, 0.05) is 32.8 Å². The number of piperazine rings is 1. The Morgan fingerprint density at radius 1 is 1.30 bits per heavy atom. The fourth-order valence-corrected chi connectivity index (χ4v) is 3.31. The maximum atomic E-state index is 12.3. The van der Waals surface area contributed by atoms with Crippen molar-refractivity contribution in [2.45, 2.75) is 26.5 Å². The van der Waals surface area contributed by atoms with E-state index < -0.39 is 0 Å². The largest absolute Gasteiger partial charge is 0.490 e. The minimum Gasteiger partial charge on any atom is -0.490 e. The predicted molar refractivity (Wildman–Crippen MR) is 112 cm³/mol. The van der Waals surface area contributed by atoms with Crippen LogP contribution in [0.3, 0.4) is 0 Å². The number of carbonyl (C=O) groups excluding carboxylic acids is 1. The molecule has 1 aromatic carbocycles. The van der Waals surface area contributed by atoms with Crippen molar-refractivity contribution in [1.82, 2.24) is 25.3 Å². The highest BCUT2D eigenvalue weighted by molar-refractivity contribution is 6.32. The van der Waals surface area contributed by atoms with E-state index >= 15 is 0 Å². The standard InChI is InChI=1S/C20H28ClN5O4/c1-3-28-15(2)19-23-18(30-24-19)14-25-9-11-26(12-10-25)20(27)22-8-13-29-17-7-5-4-6-16(17)21/h4-7,15H,3,8-14H2,1-2H3,(H,22,27). The maximum Gasteiger partial charge on any atom is 0.317 e. The highest BCUT2D eigenvalue weighted by atomic mass is 35.5. The van der Waals surface area contributed by atoms with E-state index in [4.69, 9.17) is 25.6 Å². The van der Waals surface area contributed by atoms with E-state index in [1.54, 1.807) is 17.0 Å². The summed E-state index contributed by atoms with van der Waals surface area (Å²) >= 11 is 6.04. The lowest BCUT2D eigenvalue weighted by atomic mass is 10.3. The number of amides is 2. The zero-order valence-corrected chi connectivity index (χ0v) is 18.1. The lowest BCUT2D eigenvalue weighted by Gasteiger charge is -2.33. The van der Waals surface area contributed by atoms with Gasteiger partial charge >= 0.3 is 6.03 Å². The molecule has 1 aromatic heterocycles. The molecule has 164 valence electrons. The van der Waals surface area contributed by atoms with Gasteiger partial charge in [-0.05, 0) is 26.0 Å². The Kier molecular flexibility index (Phi) is 8.30. The van der Waals surface area contributed by atoms with Crippen LogP contribution in [-0.4, -0.2) is 71.9 Å². The third-order valence-electron chi connectivity index (χ3n) is 4.75. The van der Waals surface area contributed by atoms with Crippen LogP contribution >= 0.6 is 11.6 Å². The van der Waals surface area contributed by atoms with Crippen LogP contribution in [0.2, 0.25) is 5.02 Å². The molecule has 3 rings (SSSR count). The van der Waals surface area contributed by atoms with Gasteiger partial charge in [-0.2, -0.15) is 4.98 Å². The molecule has 1 atom stereocenters. The summed E-state index contributed by atoms with van der Waals surface area (Å²) in [4.78, 5) is 20.7. The molecule has 2 amide bonds. The number of urea groups is 1. The van der Waals surface area contributed by atoms with Gasteiger partial charge in [-0.25, -0.2) is 4.79 Å². The number of nitrogens with one attached hydrogen (secondary N) is 1. The zero-order valence-electron chi connectivity index (χ0n) is 17.3. The second-order valence-corrected chi connectivity index (χ2v) is 7.33. The van der Waals surface area contributed by atoms with Gasteiger partial charge in [-0.3, -0.25) is 4.90 Å². The number of rotatable bonds is 9. The second-order valence-electron chi connectivity index (χ2n) is 6.92. The second kappa shape index (κ2) is 11.1. The van der Waals surface area contributed by atoms with Crippen LogP contribution in [0.5, 0.6) is 5.75 Å². The Hall–Kier alpha value is -2.36. The highest BCUT2D eigenvalue weighted by Crippen LogP contribution is 2.22. The van der Waals surface area contributed by atoms with Gasteiger partial charge < -0.3 is 24.2 Å². The molecular formula is C20H28ClN5O4. The summed E-state index contributed by atoms with van der Waals surface area (Å²) in [5, 5.41) is 7.42. The summed E-state index contributed by atoms with van der Waals surface area (Å²) in [6.07, 6.45) is -0.185. The number of hydrogen-bond donors (Lipinski definition) is 1. The fraction of sp³-hybridized carbons (Fsp3) is 0.550. The summed E-state index contributed by atoms with van der Waals surface area (Å²) in [7, 11) is 0. The number of benzene rings is 1. The molecule has 1 aliphatic heterocycles. The lowest BCUT2D eigenvalue weighted by molar-refractivity contribution is 0.0683. The summed E-state index contributed by atoms with van der Waals surface area (Å²) in [6, 6.07) is 7.17. The molecule has 1 unspecified atom stereocenters. The van der Waals surface area contributed by atoms with Crippen molar-refractivity contribution in [3.05, 3.63) is 41.0 Å². The molecule has 0 spiro atoms. The minimum absolute atomic E-state index is 0.0944. The van der Waals surface area contributed by atoms with Crippen molar-refractivity contribution in [1.29, 1.82) is 0 Å². The first-order valence-electron chi connectivity index (χ1n) is 10.1. The summed E-state index contributed by atoms with van der Waals surface area (Å²) in [5.41, 5.74) is 0. The molecule has 0 saturated carbocycles. The van der Waals surface area contributed by atoms with Crippen molar-refractivity contribution in [3.8, 4) is 5.75 Å². The Bertz CT molecular complexity index is 810. The fourth-order valence-electron chi connectivity index (χ4n) is 3.11. The number of hydrogen-bond acceptors (Lipinski definition) is 7. The van der Waals surface area contributed by atoms with E-state index in [2.05, 4.69) is 20.4 Å². The van der Waals surface area contributed by atoms with Crippen molar-refractivity contribution in [3.63, 3.8) is 0 Å². The molecule has 1 saturated heterocycles. The SMILES string of the molecule is CCOC(C)c1noc(CN2CCN(C(=O)NCCOc3ccccc3Cl)CC2)n1. The lowest BCUT2D eigenvalue weighted by Crippen LogP contribution is -2.51. The third-order valence-corrected chi connectivity index (χ3v) is 5.07. The highest BCUT2D eigenvalue weighted by Gasteiger charge is 2.23. The number of nitrogens with zero attached hydrogens (tertiary/aromatic N) is 4. The van der Waals surface area contributed by atoms with E-state index in [0.29, 0.717) is 61.9 Å². The van der Waals surface area contributed by atoms with Crippen molar-refractivity contribution in [2.24, 2.45) is 0 Å². The van der Waals surface area contributed by atoms with Crippen LogP contribution in [0.25, 0.3) is 0 Å². The first kappa shape index (κ1) is 22.3. The Labute approximate surface area is 181 Å². The molecule has 1 aliphatic rings. The summed E-state index contributed by atoms with van der Waals surface area (Å²) < 4.78 is 16.4. The molecule has 0 aliphatic carbocycles. The quantitative estimate of drug-likeness (QED) is 0.603. The third kappa shape index (κ3) is 6.32. The van der Waals surface area contributed by atoms with Gasteiger partial charge in [-0.1, -0.05) is 28.9 Å². The Balaban J connectivity index is 1.34. The number of ether oxygens (including phenoxy) is 2. The topological polar surface area (TPSA) is 93.0 Å². The van der Waals surface area contributed by atoms with Gasteiger partial charge in [0.15, 0.2) is 5.82 Å². The number of carbonyl (C=O) groups is 1. The first-order chi connectivity index (χ1) is 14.6. The predicted octanol–water partition coefficient (Wildman–Crippen LogP) is 2.73. The van der Waals surface area contributed by atoms with Crippen molar-refractivity contribution in [2.75, 3.05) is 45.9 Å². The molecule has 1 N–H and O–H groups in total. The maximum absolute atomic E-state index is 12.3. The molecule has 9 nitrogen and oxygen atoms in total. The monoisotopic (exact) mass is 437 g/mol.